The predicted octanol–water partition coefficient (Wildman–Crippen LogP) is 4.25. The third-order valence-corrected chi connectivity index (χ3v) is 6.06. The minimum absolute atomic E-state index is 0.0411. The van der Waals surface area contributed by atoms with Crippen molar-refractivity contribution in [1.82, 2.24) is 14.8 Å². The number of benzene rings is 2. The lowest BCUT2D eigenvalue weighted by Crippen LogP contribution is -2.43. The first-order valence-corrected chi connectivity index (χ1v) is 11.3. The highest BCUT2D eigenvalue weighted by Crippen LogP contribution is 2.28. The van der Waals surface area contributed by atoms with Gasteiger partial charge in [0.25, 0.3) is 0 Å². The van der Waals surface area contributed by atoms with E-state index in [1.54, 1.807) is 25.4 Å². The van der Waals surface area contributed by atoms with E-state index in [1.807, 2.05) is 47.2 Å². The number of carbonyl (C=O) groups excluding carboxylic acids is 1. The van der Waals surface area contributed by atoms with Crippen LogP contribution in [0.25, 0.3) is 0 Å². The van der Waals surface area contributed by atoms with Gasteiger partial charge in [0.05, 0.1) is 25.8 Å². The number of para-hydroxylation sites is 1. The lowest BCUT2D eigenvalue weighted by Gasteiger charge is -2.32. The summed E-state index contributed by atoms with van der Waals surface area (Å²) in [5.74, 6) is 2.15. The van der Waals surface area contributed by atoms with Crippen molar-refractivity contribution in [1.29, 1.82) is 0 Å². The summed E-state index contributed by atoms with van der Waals surface area (Å²) in [5.41, 5.74) is 1.63. The smallest absolute Gasteiger partial charge is 0.236 e. The molecule has 1 fully saturated rings. The summed E-state index contributed by atoms with van der Waals surface area (Å²) >= 11 is 0. The average Bonchev–Trinajstić information content (AvgIpc) is 3.29. The van der Waals surface area contributed by atoms with Crippen LogP contribution in [-0.4, -0.2) is 54.5 Å². The molecule has 0 bridgehead atoms. The molecule has 1 amide bonds. The number of aromatic nitrogens is 1. The standard InChI is InChI=1S/C26H30FN3O3/c1-29(16-20-9-3-5-11-23(20)27)18-25(31)30-13-7-10-21(17-30)26-28-15-22(33-26)14-19-8-4-6-12-24(19)32-2/h3-6,8-9,11-12,15,21H,7,10,13-14,16-18H2,1-2H3/t21-/m1/s1. The summed E-state index contributed by atoms with van der Waals surface area (Å²) in [5, 5.41) is 0. The number of hydrogen-bond donors (Lipinski definition) is 0. The molecule has 0 spiro atoms. The molecule has 0 aliphatic carbocycles. The summed E-state index contributed by atoms with van der Waals surface area (Å²) in [7, 11) is 3.50. The van der Waals surface area contributed by atoms with Crippen molar-refractivity contribution < 1.29 is 18.3 Å². The molecule has 0 unspecified atom stereocenters. The number of nitrogens with zero attached hydrogens (tertiary/aromatic N) is 3. The Kier molecular flexibility index (Phi) is 7.40. The van der Waals surface area contributed by atoms with Crippen LogP contribution < -0.4 is 4.74 Å². The van der Waals surface area contributed by atoms with E-state index in [2.05, 4.69) is 4.98 Å². The van der Waals surface area contributed by atoms with Gasteiger partial charge < -0.3 is 14.1 Å². The number of rotatable bonds is 8. The van der Waals surface area contributed by atoms with Gasteiger partial charge in [0.2, 0.25) is 5.91 Å². The zero-order valence-electron chi connectivity index (χ0n) is 19.2. The summed E-state index contributed by atoms with van der Waals surface area (Å²) in [6.45, 7) is 1.94. The molecule has 0 saturated carbocycles. The van der Waals surface area contributed by atoms with Crippen LogP contribution in [0.3, 0.4) is 0 Å². The number of likely N-dealkylation sites (tertiary alicyclic amines) is 1. The Bertz CT molecular complexity index is 1080. The average molecular weight is 452 g/mol. The monoisotopic (exact) mass is 451 g/mol. The molecule has 6 nitrogen and oxygen atoms in total. The van der Waals surface area contributed by atoms with Gasteiger partial charge in [-0.3, -0.25) is 9.69 Å². The van der Waals surface area contributed by atoms with Gasteiger partial charge in [0.15, 0.2) is 5.89 Å². The molecule has 7 heteroatoms. The molecule has 1 aromatic heterocycles. The summed E-state index contributed by atoms with van der Waals surface area (Å²) in [4.78, 5) is 21.1. The maximum absolute atomic E-state index is 13.9. The Morgan fingerprint density at radius 2 is 1.97 bits per heavy atom. The highest BCUT2D eigenvalue weighted by molar-refractivity contribution is 5.78. The van der Waals surface area contributed by atoms with E-state index >= 15 is 0 Å². The van der Waals surface area contributed by atoms with Crippen LogP contribution in [0.4, 0.5) is 4.39 Å². The van der Waals surface area contributed by atoms with Crippen molar-refractivity contribution in [3.63, 3.8) is 0 Å². The van der Waals surface area contributed by atoms with Crippen molar-refractivity contribution in [2.24, 2.45) is 0 Å². The summed E-state index contributed by atoms with van der Waals surface area (Å²) in [6, 6.07) is 14.5. The third kappa shape index (κ3) is 5.79. The molecule has 2 heterocycles. The second-order valence-corrected chi connectivity index (χ2v) is 8.60. The van der Waals surface area contributed by atoms with Crippen molar-refractivity contribution in [3.8, 4) is 5.75 Å². The SMILES string of the molecule is COc1ccccc1Cc1cnc([C@@H]2CCCN(C(=O)CN(C)Cc3ccccc3F)C2)o1. The molecule has 33 heavy (non-hydrogen) atoms. The first kappa shape index (κ1) is 23.0. The molecule has 1 aliphatic rings. The van der Waals surface area contributed by atoms with E-state index in [-0.39, 0.29) is 24.2 Å². The van der Waals surface area contributed by atoms with E-state index in [9.17, 15) is 9.18 Å². The van der Waals surface area contributed by atoms with Crippen molar-refractivity contribution in [3.05, 3.63) is 83.3 Å². The van der Waals surface area contributed by atoms with Gasteiger partial charge in [0, 0.05) is 37.2 Å². The van der Waals surface area contributed by atoms with Crippen LogP contribution in [0.2, 0.25) is 0 Å². The highest BCUT2D eigenvalue weighted by atomic mass is 19.1. The molecule has 1 aliphatic heterocycles. The Morgan fingerprint density at radius 3 is 2.76 bits per heavy atom. The van der Waals surface area contributed by atoms with Gasteiger partial charge in [-0.1, -0.05) is 36.4 Å². The molecular formula is C26H30FN3O3. The number of oxazole rings is 1. The lowest BCUT2D eigenvalue weighted by molar-refractivity contribution is -0.133. The first-order chi connectivity index (χ1) is 16.0. The van der Waals surface area contributed by atoms with Crippen LogP contribution in [0.15, 0.2) is 59.1 Å². The largest absolute Gasteiger partial charge is 0.496 e. The second-order valence-electron chi connectivity index (χ2n) is 8.60. The minimum Gasteiger partial charge on any atom is -0.496 e. The Hall–Kier alpha value is -3.19. The molecule has 1 atom stereocenters. The zero-order chi connectivity index (χ0) is 23.2. The van der Waals surface area contributed by atoms with E-state index in [4.69, 9.17) is 9.15 Å². The van der Waals surface area contributed by atoms with E-state index < -0.39 is 0 Å². The van der Waals surface area contributed by atoms with E-state index in [0.29, 0.717) is 31.0 Å². The number of piperidine rings is 1. The van der Waals surface area contributed by atoms with Gasteiger partial charge in [-0.25, -0.2) is 9.37 Å². The number of likely N-dealkylation sites (N-methyl/N-ethyl adjacent to an activating group) is 1. The van der Waals surface area contributed by atoms with Crippen LogP contribution in [0.5, 0.6) is 5.75 Å². The normalized spacial score (nSPS) is 16.2. The van der Waals surface area contributed by atoms with Crippen molar-refractivity contribution >= 4 is 5.91 Å². The summed E-state index contributed by atoms with van der Waals surface area (Å²) in [6.07, 6.45) is 4.21. The number of amides is 1. The Balaban J connectivity index is 1.34. The van der Waals surface area contributed by atoms with Gasteiger partial charge in [0.1, 0.15) is 17.3 Å². The number of halogens is 1. The second kappa shape index (κ2) is 10.6. The predicted molar refractivity (Wildman–Crippen MR) is 124 cm³/mol. The van der Waals surface area contributed by atoms with Crippen molar-refractivity contribution in [2.45, 2.75) is 31.7 Å². The lowest BCUT2D eigenvalue weighted by atomic mass is 9.98. The van der Waals surface area contributed by atoms with E-state index in [0.717, 1.165) is 36.5 Å². The van der Waals surface area contributed by atoms with Crippen molar-refractivity contribution in [2.75, 3.05) is 33.8 Å². The molecule has 0 radical (unpaired) electrons. The maximum atomic E-state index is 13.9. The maximum Gasteiger partial charge on any atom is 0.236 e. The Labute approximate surface area is 194 Å². The fourth-order valence-corrected chi connectivity index (χ4v) is 4.34. The Morgan fingerprint density at radius 1 is 1.21 bits per heavy atom. The van der Waals surface area contributed by atoms with Gasteiger partial charge in [-0.05, 0) is 32.0 Å². The molecule has 3 aromatic rings. The van der Waals surface area contributed by atoms with Crippen LogP contribution >= 0.6 is 0 Å². The summed E-state index contributed by atoms with van der Waals surface area (Å²) < 4.78 is 25.4. The van der Waals surface area contributed by atoms with E-state index in [1.165, 1.54) is 6.07 Å². The topological polar surface area (TPSA) is 58.8 Å². The number of carbonyl (C=O) groups is 1. The molecule has 2 aromatic carbocycles. The van der Waals surface area contributed by atoms with Gasteiger partial charge >= 0.3 is 0 Å². The third-order valence-electron chi connectivity index (χ3n) is 6.06. The minimum atomic E-state index is -0.248. The first-order valence-electron chi connectivity index (χ1n) is 11.3. The quantitative estimate of drug-likeness (QED) is 0.513. The molecule has 0 N–H and O–H groups in total. The molecule has 174 valence electrons. The van der Waals surface area contributed by atoms with Gasteiger partial charge in [-0.15, -0.1) is 0 Å². The van der Waals surface area contributed by atoms with Crippen LogP contribution in [0, 0.1) is 5.82 Å². The van der Waals surface area contributed by atoms with Crippen LogP contribution in [0.1, 0.15) is 41.5 Å². The molecular weight excluding hydrogens is 421 g/mol. The fourth-order valence-electron chi connectivity index (χ4n) is 4.34. The number of hydrogen-bond acceptors (Lipinski definition) is 5. The molecule has 1 saturated heterocycles. The molecule has 4 rings (SSSR count). The fraction of sp³-hybridized carbons (Fsp3) is 0.385. The number of methoxy groups -OCH3 is 1. The number of ether oxygens (including phenoxy) is 1. The zero-order valence-corrected chi connectivity index (χ0v) is 19.2. The highest BCUT2D eigenvalue weighted by Gasteiger charge is 2.28. The van der Waals surface area contributed by atoms with Gasteiger partial charge in [-0.2, -0.15) is 0 Å². The van der Waals surface area contributed by atoms with Crippen LogP contribution in [-0.2, 0) is 17.8 Å².